The zero-order valence-electron chi connectivity index (χ0n) is 39.3. The molecule has 0 aromatic rings. The summed E-state index contributed by atoms with van der Waals surface area (Å²) in [5.74, 6) is 2.39. The first-order chi connectivity index (χ1) is 27.5. The summed E-state index contributed by atoms with van der Waals surface area (Å²) < 4.78 is 13.7. The summed E-state index contributed by atoms with van der Waals surface area (Å²) in [5, 5.41) is 3.65. The Morgan fingerprint density at radius 1 is 0.828 bits per heavy atom. The molecule has 0 spiro atoms. The van der Waals surface area contributed by atoms with Crippen LogP contribution >= 0.6 is 0 Å². The number of hydrogen-bond acceptors (Lipinski definition) is 5. The molecule has 1 atom stereocenters. The van der Waals surface area contributed by atoms with Gasteiger partial charge in [0.1, 0.15) is 17.7 Å². The van der Waals surface area contributed by atoms with Gasteiger partial charge in [-0.15, -0.1) is 0 Å². The molecule has 1 unspecified atom stereocenters. The number of ketones is 2. The SMILES string of the molecule is C=C1NC(C(C)(C)CCC(=O)CN(CC(C)C)C(CC)CCCCN(CC(C)C)C(=O)CCCCCCCCCCCCC(C)=O)=C(C)C=C1CC1CCC(F)CC1. The van der Waals surface area contributed by atoms with Gasteiger partial charge in [-0.25, -0.2) is 4.39 Å². The fraction of sp³-hybridized carbons (Fsp3) is 0.824. The number of rotatable bonds is 32. The minimum absolute atomic E-state index is 0.192. The lowest BCUT2D eigenvalue weighted by Gasteiger charge is -2.36. The number of halogens is 1. The van der Waals surface area contributed by atoms with Gasteiger partial charge < -0.3 is 15.0 Å². The minimum atomic E-state index is -0.632. The first-order valence-corrected chi connectivity index (χ1v) is 24.1. The molecule has 0 radical (unpaired) electrons. The molecule has 1 amide bonds. The first kappa shape index (κ1) is 51.9. The Balaban J connectivity index is 1.81. The van der Waals surface area contributed by atoms with Crippen LogP contribution in [0.2, 0.25) is 0 Å². The monoisotopic (exact) mass is 812 g/mol. The third-order valence-corrected chi connectivity index (χ3v) is 12.7. The van der Waals surface area contributed by atoms with Crippen molar-refractivity contribution in [3.8, 4) is 0 Å². The van der Waals surface area contributed by atoms with Crippen molar-refractivity contribution in [1.82, 2.24) is 15.1 Å². The van der Waals surface area contributed by atoms with Crippen molar-refractivity contribution in [3.05, 3.63) is 35.2 Å². The van der Waals surface area contributed by atoms with Crippen LogP contribution in [-0.2, 0) is 14.4 Å². The number of carbonyl (C=O) groups excluding carboxylic acids is 3. The second-order valence-corrected chi connectivity index (χ2v) is 19.9. The number of hydrogen-bond donors (Lipinski definition) is 1. The second-order valence-electron chi connectivity index (χ2n) is 19.9. The molecule has 1 aliphatic heterocycles. The highest BCUT2D eigenvalue weighted by molar-refractivity contribution is 5.80. The van der Waals surface area contributed by atoms with Gasteiger partial charge in [0.05, 0.1) is 6.54 Å². The summed E-state index contributed by atoms with van der Waals surface area (Å²) in [7, 11) is 0. The normalized spacial score (nSPS) is 18.2. The number of amides is 1. The van der Waals surface area contributed by atoms with Crippen molar-refractivity contribution in [3.63, 3.8) is 0 Å². The highest BCUT2D eigenvalue weighted by Gasteiger charge is 2.31. The van der Waals surface area contributed by atoms with Crippen LogP contribution in [0, 0.1) is 23.2 Å². The summed E-state index contributed by atoms with van der Waals surface area (Å²) in [6, 6.07) is 0.358. The number of unbranched alkanes of at least 4 members (excludes halogenated alkanes) is 10. The molecule has 58 heavy (non-hydrogen) atoms. The lowest BCUT2D eigenvalue weighted by atomic mass is 9.78. The van der Waals surface area contributed by atoms with Gasteiger partial charge in [0, 0.05) is 61.7 Å². The molecule has 1 aliphatic carbocycles. The Hall–Kier alpha value is -2.28. The van der Waals surface area contributed by atoms with Crippen molar-refractivity contribution in [1.29, 1.82) is 0 Å². The fourth-order valence-corrected chi connectivity index (χ4v) is 9.28. The van der Waals surface area contributed by atoms with E-state index in [0.717, 1.165) is 108 Å². The Morgan fingerprint density at radius 3 is 1.95 bits per heavy atom. The molecule has 0 saturated heterocycles. The molecule has 0 aromatic carbocycles. The minimum Gasteiger partial charge on any atom is -0.358 e. The third-order valence-electron chi connectivity index (χ3n) is 12.7. The fourth-order valence-electron chi connectivity index (χ4n) is 9.28. The van der Waals surface area contributed by atoms with E-state index in [1.807, 2.05) is 0 Å². The van der Waals surface area contributed by atoms with E-state index in [-0.39, 0.29) is 5.41 Å². The van der Waals surface area contributed by atoms with E-state index in [1.165, 1.54) is 56.1 Å². The molecule has 7 heteroatoms. The van der Waals surface area contributed by atoms with Crippen LogP contribution in [0.25, 0.3) is 0 Å². The van der Waals surface area contributed by atoms with E-state index in [0.29, 0.717) is 73.5 Å². The van der Waals surface area contributed by atoms with Gasteiger partial charge in [-0.1, -0.05) is 119 Å². The van der Waals surface area contributed by atoms with Crippen molar-refractivity contribution in [2.45, 2.75) is 222 Å². The number of allylic oxidation sites excluding steroid dienone is 4. The third kappa shape index (κ3) is 21.3. The summed E-state index contributed by atoms with van der Waals surface area (Å²) in [5.41, 5.74) is 4.38. The van der Waals surface area contributed by atoms with E-state index in [4.69, 9.17) is 0 Å². The van der Waals surface area contributed by atoms with E-state index < -0.39 is 6.17 Å². The van der Waals surface area contributed by atoms with Crippen LogP contribution in [0.15, 0.2) is 35.2 Å². The molecule has 0 aromatic heterocycles. The Kier molecular flexibility index (Phi) is 25.3. The Bertz CT molecular complexity index is 1290. The average Bonchev–Trinajstić information content (AvgIpc) is 3.15. The summed E-state index contributed by atoms with van der Waals surface area (Å²) >= 11 is 0. The molecule has 1 heterocycles. The summed E-state index contributed by atoms with van der Waals surface area (Å²) in [6.45, 7) is 26.9. The molecule has 2 rings (SSSR count). The van der Waals surface area contributed by atoms with Crippen molar-refractivity contribution >= 4 is 17.5 Å². The second kappa shape index (κ2) is 28.3. The standard InChI is InChI=1S/C51H90FN3O3/c1-11-47(25-22-23-33-54(36-39(2)3)49(58)26-21-19-17-15-13-12-14-16-18-20-24-42(7)56)55(37-40(4)5)38-48(57)31-32-51(9,10)50-41(6)34-45(43(8)53-50)35-44-27-29-46(52)30-28-44/h34,39-40,44,46-47,53H,8,11-33,35-38H2,1-7,9-10H3. The van der Waals surface area contributed by atoms with Gasteiger partial charge in [-0.05, 0) is 113 Å². The Morgan fingerprint density at radius 2 is 1.40 bits per heavy atom. The van der Waals surface area contributed by atoms with E-state index in [2.05, 4.69) is 83.2 Å². The molecular formula is C51H90FN3O3. The van der Waals surface area contributed by atoms with Gasteiger partial charge in [-0.3, -0.25) is 14.5 Å². The zero-order chi connectivity index (χ0) is 43.1. The van der Waals surface area contributed by atoms with Crippen LogP contribution < -0.4 is 5.32 Å². The van der Waals surface area contributed by atoms with Crippen LogP contribution in [0.1, 0.15) is 210 Å². The number of carbonyl (C=O) groups is 3. The molecule has 2 aliphatic rings. The lowest BCUT2D eigenvalue weighted by molar-refractivity contribution is -0.132. The van der Waals surface area contributed by atoms with E-state index in [1.54, 1.807) is 6.92 Å². The van der Waals surface area contributed by atoms with Crippen LogP contribution in [0.5, 0.6) is 0 Å². The Labute approximate surface area is 357 Å². The number of Topliss-reactive ketones (excluding diaryl/α,β-unsaturated/α-hetero) is 2. The van der Waals surface area contributed by atoms with Gasteiger partial charge in [0.15, 0.2) is 0 Å². The maximum atomic E-state index is 13.7. The number of nitrogens with one attached hydrogen (secondary N) is 1. The summed E-state index contributed by atoms with van der Waals surface area (Å²) in [4.78, 5) is 42.6. The highest BCUT2D eigenvalue weighted by atomic mass is 19.1. The predicted octanol–water partition coefficient (Wildman–Crippen LogP) is 13.3. The van der Waals surface area contributed by atoms with Gasteiger partial charge in [-0.2, -0.15) is 0 Å². The van der Waals surface area contributed by atoms with Gasteiger partial charge in [0.2, 0.25) is 5.91 Å². The maximum absolute atomic E-state index is 13.7. The van der Waals surface area contributed by atoms with Crippen LogP contribution in [0.4, 0.5) is 4.39 Å². The first-order valence-electron chi connectivity index (χ1n) is 24.1. The average molecular weight is 812 g/mol. The summed E-state index contributed by atoms with van der Waals surface area (Å²) in [6.07, 6.45) is 24.6. The number of nitrogens with zero attached hydrogens (tertiary/aromatic N) is 2. The molecule has 1 saturated carbocycles. The van der Waals surface area contributed by atoms with Crippen LogP contribution in [0.3, 0.4) is 0 Å². The predicted molar refractivity (Wildman–Crippen MR) is 244 cm³/mol. The van der Waals surface area contributed by atoms with Crippen molar-refractivity contribution in [2.24, 2.45) is 23.2 Å². The number of alkyl halides is 1. The van der Waals surface area contributed by atoms with Gasteiger partial charge in [0.25, 0.3) is 0 Å². The zero-order valence-corrected chi connectivity index (χ0v) is 39.3. The largest absolute Gasteiger partial charge is 0.358 e. The number of dihydropyridines is 1. The van der Waals surface area contributed by atoms with Crippen molar-refractivity contribution in [2.75, 3.05) is 26.2 Å². The lowest BCUT2D eigenvalue weighted by Crippen LogP contribution is -2.41. The quantitative estimate of drug-likeness (QED) is 0.0685. The topological polar surface area (TPSA) is 69.7 Å². The van der Waals surface area contributed by atoms with E-state index in [9.17, 15) is 18.8 Å². The molecule has 6 nitrogen and oxygen atoms in total. The van der Waals surface area contributed by atoms with E-state index >= 15 is 0 Å². The smallest absolute Gasteiger partial charge is 0.222 e. The van der Waals surface area contributed by atoms with Crippen molar-refractivity contribution < 1.29 is 18.8 Å². The molecule has 1 N–H and O–H groups in total. The molecule has 0 bridgehead atoms. The molecular weight excluding hydrogens is 722 g/mol. The maximum Gasteiger partial charge on any atom is 0.222 e. The highest BCUT2D eigenvalue weighted by Crippen LogP contribution is 2.39. The van der Waals surface area contributed by atoms with Crippen LogP contribution in [-0.4, -0.2) is 65.7 Å². The molecule has 334 valence electrons. The van der Waals surface area contributed by atoms with Gasteiger partial charge >= 0.3 is 0 Å². The molecule has 1 fully saturated rings.